The predicted molar refractivity (Wildman–Crippen MR) is 50.7 cm³/mol. The number of halogens is 4. The summed E-state index contributed by atoms with van der Waals surface area (Å²) in [6.07, 6.45) is -4.38. The summed E-state index contributed by atoms with van der Waals surface area (Å²) in [4.78, 5) is 0. The van der Waals surface area contributed by atoms with Crippen molar-refractivity contribution in [1.29, 1.82) is 0 Å². The standard InChI is InChI=1S/C9H9ClF3N/c1-5-3-6(9(11,12)13)8(14-2)7(10)4-5/h3-4,14H,1-2H3. The van der Waals surface area contributed by atoms with Crippen LogP contribution in [-0.2, 0) is 6.18 Å². The summed E-state index contributed by atoms with van der Waals surface area (Å²) in [5.41, 5.74) is -0.323. The molecule has 1 N–H and O–H groups in total. The average Bonchev–Trinajstić information content (AvgIpc) is 2.01. The lowest BCUT2D eigenvalue weighted by Crippen LogP contribution is -2.09. The highest BCUT2D eigenvalue weighted by Crippen LogP contribution is 2.39. The van der Waals surface area contributed by atoms with E-state index in [1.165, 1.54) is 13.1 Å². The first-order valence-electron chi connectivity index (χ1n) is 3.91. The smallest absolute Gasteiger partial charge is 0.386 e. The number of hydrogen-bond acceptors (Lipinski definition) is 1. The predicted octanol–water partition coefficient (Wildman–Crippen LogP) is 3.71. The van der Waals surface area contributed by atoms with E-state index in [-0.39, 0.29) is 10.7 Å². The van der Waals surface area contributed by atoms with Gasteiger partial charge in [0.25, 0.3) is 0 Å². The molecule has 14 heavy (non-hydrogen) atoms. The van der Waals surface area contributed by atoms with Gasteiger partial charge >= 0.3 is 6.18 Å². The van der Waals surface area contributed by atoms with Crippen molar-refractivity contribution in [3.05, 3.63) is 28.3 Å². The van der Waals surface area contributed by atoms with E-state index in [1.807, 2.05) is 0 Å². The summed E-state index contributed by atoms with van der Waals surface area (Å²) in [7, 11) is 1.41. The largest absolute Gasteiger partial charge is 0.418 e. The van der Waals surface area contributed by atoms with Crippen LogP contribution in [0.5, 0.6) is 0 Å². The Morgan fingerprint density at radius 3 is 2.29 bits per heavy atom. The monoisotopic (exact) mass is 223 g/mol. The molecule has 0 aliphatic carbocycles. The number of aryl methyl sites for hydroxylation is 1. The zero-order chi connectivity index (χ0) is 10.9. The van der Waals surface area contributed by atoms with Gasteiger partial charge in [-0.25, -0.2) is 0 Å². The number of nitrogens with one attached hydrogen (secondary N) is 1. The maximum Gasteiger partial charge on any atom is 0.418 e. The van der Waals surface area contributed by atoms with E-state index in [2.05, 4.69) is 5.32 Å². The third kappa shape index (κ3) is 2.12. The lowest BCUT2D eigenvalue weighted by Gasteiger charge is -2.14. The second-order valence-corrected chi connectivity index (χ2v) is 3.32. The Balaban J connectivity index is 3.40. The molecule has 0 heterocycles. The van der Waals surface area contributed by atoms with E-state index in [4.69, 9.17) is 11.6 Å². The van der Waals surface area contributed by atoms with Crippen LogP contribution in [0.4, 0.5) is 18.9 Å². The molecule has 0 bridgehead atoms. The molecule has 0 amide bonds. The van der Waals surface area contributed by atoms with E-state index in [0.717, 1.165) is 6.07 Å². The van der Waals surface area contributed by atoms with Crippen molar-refractivity contribution in [3.8, 4) is 0 Å². The zero-order valence-corrected chi connectivity index (χ0v) is 8.42. The highest BCUT2D eigenvalue weighted by molar-refractivity contribution is 6.33. The van der Waals surface area contributed by atoms with Gasteiger partial charge < -0.3 is 5.32 Å². The number of anilines is 1. The Morgan fingerprint density at radius 2 is 1.86 bits per heavy atom. The fraction of sp³-hybridized carbons (Fsp3) is 0.333. The second kappa shape index (κ2) is 3.69. The molecule has 0 aliphatic rings. The highest BCUT2D eigenvalue weighted by atomic mass is 35.5. The third-order valence-corrected chi connectivity index (χ3v) is 2.09. The molecular formula is C9H9ClF3N. The molecule has 0 saturated heterocycles. The van der Waals surface area contributed by atoms with Crippen molar-refractivity contribution < 1.29 is 13.2 Å². The zero-order valence-electron chi connectivity index (χ0n) is 7.67. The number of rotatable bonds is 1. The van der Waals surface area contributed by atoms with Crippen molar-refractivity contribution in [2.45, 2.75) is 13.1 Å². The van der Waals surface area contributed by atoms with Crippen LogP contribution in [0, 0.1) is 6.92 Å². The molecule has 0 spiro atoms. The van der Waals surface area contributed by atoms with Gasteiger partial charge in [0.2, 0.25) is 0 Å². The topological polar surface area (TPSA) is 12.0 Å². The Bertz CT molecular complexity index is 347. The summed E-state index contributed by atoms with van der Waals surface area (Å²) in [5, 5.41) is 2.53. The Labute approximate surface area is 84.9 Å². The van der Waals surface area contributed by atoms with Crippen molar-refractivity contribution >= 4 is 17.3 Å². The van der Waals surface area contributed by atoms with Crippen LogP contribution < -0.4 is 5.32 Å². The lowest BCUT2D eigenvalue weighted by molar-refractivity contribution is -0.137. The van der Waals surface area contributed by atoms with Gasteiger partial charge in [-0.1, -0.05) is 11.6 Å². The summed E-state index contributed by atoms with van der Waals surface area (Å²) >= 11 is 5.68. The first kappa shape index (κ1) is 11.2. The third-order valence-electron chi connectivity index (χ3n) is 1.79. The van der Waals surface area contributed by atoms with Crippen molar-refractivity contribution in [2.24, 2.45) is 0 Å². The van der Waals surface area contributed by atoms with Crippen molar-refractivity contribution in [1.82, 2.24) is 0 Å². The molecular weight excluding hydrogens is 215 g/mol. The van der Waals surface area contributed by atoms with Crippen molar-refractivity contribution in [3.63, 3.8) is 0 Å². The lowest BCUT2D eigenvalue weighted by atomic mass is 10.1. The summed E-state index contributed by atoms with van der Waals surface area (Å²) in [5.74, 6) is 0. The molecule has 0 atom stereocenters. The van der Waals surface area contributed by atoms with E-state index < -0.39 is 11.7 Å². The van der Waals surface area contributed by atoms with E-state index in [9.17, 15) is 13.2 Å². The first-order chi connectivity index (χ1) is 6.36. The Hall–Kier alpha value is -0.900. The molecule has 1 aromatic carbocycles. The van der Waals surface area contributed by atoms with E-state index >= 15 is 0 Å². The fourth-order valence-corrected chi connectivity index (χ4v) is 1.59. The van der Waals surface area contributed by atoms with Gasteiger partial charge in [0.1, 0.15) is 0 Å². The number of alkyl halides is 3. The molecule has 0 aliphatic heterocycles. The molecule has 0 saturated carbocycles. The summed E-state index contributed by atoms with van der Waals surface area (Å²) in [6.45, 7) is 1.57. The second-order valence-electron chi connectivity index (χ2n) is 2.92. The van der Waals surface area contributed by atoms with Gasteiger partial charge in [0, 0.05) is 7.05 Å². The molecule has 0 fully saturated rings. The van der Waals surface area contributed by atoms with Gasteiger partial charge in [0.05, 0.1) is 16.3 Å². The maximum atomic E-state index is 12.5. The average molecular weight is 224 g/mol. The normalized spacial score (nSPS) is 11.6. The van der Waals surface area contributed by atoms with Crippen LogP contribution in [0.25, 0.3) is 0 Å². The highest BCUT2D eigenvalue weighted by Gasteiger charge is 2.34. The Kier molecular flexibility index (Phi) is 2.95. The van der Waals surface area contributed by atoms with Gasteiger partial charge in [-0.15, -0.1) is 0 Å². The molecule has 0 unspecified atom stereocenters. The quantitative estimate of drug-likeness (QED) is 0.765. The van der Waals surface area contributed by atoms with Crippen LogP contribution in [0.2, 0.25) is 5.02 Å². The molecule has 78 valence electrons. The molecule has 1 nitrogen and oxygen atoms in total. The van der Waals surface area contributed by atoms with Crippen LogP contribution >= 0.6 is 11.6 Å². The fourth-order valence-electron chi connectivity index (χ4n) is 1.22. The minimum absolute atomic E-state index is 0.0789. The van der Waals surface area contributed by atoms with Crippen LogP contribution in [0.15, 0.2) is 12.1 Å². The minimum Gasteiger partial charge on any atom is -0.386 e. The molecule has 0 aromatic heterocycles. The van der Waals surface area contributed by atoms with Crippen LogP contribution in [0.1, 0.15) is 11.1 Å². The summed E-state index contributed by atoms with van der Waals surface area (Å²) in [6, 6.07) is 2.56. The van der Waals surface area contributed by atoms with Gasteiger partial charge in [-0.2, -0.15) is 13.2 Å². The van der Waals surface area contributed by atoms with Gasteiger partial charge in [0.15, 0.2) is 0 Å². The van der Waals surface area contributed by atoms with Gasteiger partial charge in [-0.3, -0.25) is 0 Å². The molecule has 5 heteroatoms. The SMILES string of the molecule is CNc1c(Cl)cc(C)cc1C(F)(F)F. The molecule has 1 rings (SSSR count). The van der Waals surface area contributed by atoms with Crippen molar-refractivity contribution in [2.75, 3.05) is 12.4 Å². The Morgan fingerprint density at radius 1 is 1.29 bits per heavy atom. The minimum atomic E-state index is -4.38. The van der Waals surface area contributed by atoms with Gasteiger partial charge in [-0.05, 0) is 24.6 Å². The number of hydrogen-bond donors (Lipinski definition) is 1. The van der Waals surface area contributed by atoms with Crippen LogP contribution in [0.3, 0.4) is 0 Å². The first-order valence-corrected chi connectivity index (χ1v) is 4.29. The summed E-state index contributed by atoms with van der Waals surface area (Å²) < 4.78 is 37.5. The maximum absolute atomic E-state index is 12.5. The van der Waals surface area contributed by atoms with E-state index in [0.29, 0.717) is 5.56 Å². The molecule has 0 radical (unpaired) electrons. The van der Waals surface area contributed by atoms with Crippen LogP contribution in [-0.4, -0.2) is 7.05 Å². The number of benzene rings is 1. The molecule has 1 aromatic rings. The van der Waals surface area contributed by atoms with E-state index in [1.54, 1.807) is 6.92 Å².